The van der Waals surface area contributed by atoms with E-state index in [1.165, 1.54) is 5.56 Å². The third-order valence-electron chi connectivity index (χ3n) is 3.14. The molecule has 0 aliphatic carbocycles. The molecule has 2 unspecified atom stereocenters. The van der Waals surface area contributed by atoms with Crippen molar-refractivity contribution in [3.05, 3.63) is 18.0 Å². The molecule has 0 aromatic carbocycles. The van der Waals surface area contributed by atoms with Gasteiger partial charge in [0.05, 0.1) is 6.20 Å². The molecule has 1 heterocycles. The summed E-state index contributed by atoms with van der Waals surface area (Å²) in [6.45, 7) is 8.60. The van der Waals surface area contributed by atoms with Crippen molar-refractivity contribution in [2.75, 3.05) is 13.6 Å². The maximum Gasteiger partial charge on any atom is 0.0534 e. The van der Waals surface area contributed by atoms with Crippen LogP contribution >= 0.6 is 0 Å². The van der Waals surface area contributed by atoms with Crippen LogP contribution in [0.15, 0.2) is 12.4 Å². The summed E-state index contributed by atoms with van der Waals surface area (Å²) in [6.07, 6.45) is 4.00. The Bertz CT molecular complexity index is 308. The van der Waals surface area contributed by atoms with Gasteiger partial charge in [-0.1, -0.05) is 6.92 Å². The number of aromatic nitrogens is 2. The third-order valence-corrected chi connectivity index (χ3v) is 3.14. The van der Waals surface area contributed by atoms with E-state index in [9.17, 15) is 0 Å². The fourth-order valence-corrected chi connectivity index (χ4v) is 1.86. The Hall–Kier alpha value is -0.870. The number of nitrogens with one attached hydrogen (secondary N) is 1. The largest absolute Gasteiger partial charge is 0.313 e. The molecular weight excluding hydrogens is 200 g/mol. The average Bonchev–Trinajstić information content (AvgIpc) is 2.63. The number of likely N-dealkylation sites (N-methyl/N-ethyl adjacent to an activating group) is 2. The summed E-state index contributed by atoms with van der Waals surface area (Å²) >= 11 is 0. The fraction of sp³-hybridized carbons (Fsp3) is 0.750. The van der Waals surface area contributed by atoms with Crippen molar-refractivity contribution >= 4 is 0 Å². The lowest BCUT2D eigenvalue weighted by atomic mass is 10.1. The molecule has 2 atom stereocenters. The highest BCUT2D eigenvalue weighted by Crippen LogP contribution is 2.07. The van der Waals surface area contributed by atoms with Crippen LogP contribution in [0.5, 0.6) is 0 Å². The molecule has 0 bridgehead atoms. The first-order valence-corrected chi connectivity index (χ1v) is 5.95. The maximum absolute atomic E-state index is 4.18. The van der Waals surface area contributed by atoms with E-state index in [1.807, 2.05) is 17.9 Å². The van der Waals surface area contributed by atoms with Gasteiger partial charge in [-0.3, -0.25) is 9.58 Å². The standard InChI is InChI=1S/C12H24N4/c1-6-13-10(2)11(3)15(4)8-12-7-14-16(5)9-12/h7,9-11,13H,6,8H2,1-5H3. The van der Waals surface area contributed by atoms with E-state index in [4.69, 9.17) is 0 Å². The summed E-state index contributed by atoms with van der Waals surface area (Å²) in [4.78, 5) is 2.35. The summed E-state index contributed by atoms with van der Waals surface area (Å²) in [6, 6.07) is 1.02. The van der Waals surface area contributed by atoms with E-state index < -0.39 is 0 Å². The molecule has 1 rings (SSSR count). The number of rotatable bonds is 6. The first-order valence-electron chi connectivity index (χ1n) is 5.95. The highest BCUT2D eigenvalue weighted by Gasteiger charge is 2.16. The van der Waals surface area contributed by atoms with E-state index in [-0.39, 0.29) is 0 Å². The van der Waals surface area contributed by atoms with Crippen molar-refractivity contribution in [3.63, 3.8) is 0 Å². The molecule has 0 radical (unpaired) electrons. The second-order valence-corrected chi connectivity index (χ2v) is 4.52. The Morgan fingerprint density at radius 2 is 2.19 bits per heavy atom. The van der Waals surface area contributed by atoms with Gasteiger partial charge < -0.3 is 5.32 Å². The molecule has 16 heavy (non-hydrogen) atoms. The first kappa shape index (κ1) is 13.2. The Kier molecular flexibility index (Phi) is 4.96. The average molecular weight is 224 g/mol. The predicted octanol–water partition coefficient (Wildman–Crippen LogP) is 1.24. The van der Waals surface area contributed by atoms with Crippen LogP contribution in [-0.2, 0) is 13.6 Å². The molecule has 0 aliphatic heterocycles. The van der Waals surface area contributed by atoms with Gasteiger partial charge in [-0.25, -0.2) is 0 Å². The van der Waals surface area contributed by atoms with Gasteiger partial charge in [0.25, 0.3) is 0 Å². The zero-order valence-corrected chi connectivity index (χ0v) is 11.1. The molecule has 4 nitrogen and oxygen atoms in total. The lowest BCUT2D eigenvalue weighted by molar-refractivity contribution is 0.207. The lowest BCUT2D eigenvalue weighted by Crippen LogP contribution is -2.44. The van der Waals surface area contributed by atoms with Gasteiger partial charge in [-0.2, -0.15) is 5.10 Å². The van der Waals surface area contributed by atoms with E-state index in [0.29, 0.717) is 12.1 Å². The molecule has 1 aromatic rings. The van der Waals surface area contributed by atoms with Gasteiger partial charge in [-0.15, -0.1) is 0 Å². The van der Waals surface area contributed by atoms with Crippen LogP contribution in [-0.4, -0.2) is 40.4 Å². The molecule has 0 saturated heterocycles. The van der Waals surface area contributed by atoms with Gasteiger partial charge in [0.15, 0.2) is 0 Å². The molecule has 0 saturated carbocycles. The number of nitrogens with zero attached hydrogens (tertiary/aromatic N) is 3. The molecule has 0 amide bonds. The Morgan fingerprint density at radius 1 is 1.50 bits per heavy atom. The minimum absolute atomic E-state index is 0.506. The van der Waals surface area contributed by atoms with Crippen molar-refractivity contribution in [1.82, 2.24) is 20.0 Å². The fourth-order valence-electron chi connectivity index (χ4n) is 1.86. The van der Waals surface area contributed by atoms with Gasteiger partial charge in [0.2, 0.25) is 0 Å². The molecule has 92 valence electrons. The zero-order valence-electron chi connectivity index (χ0n) is 11.1. The Labute approximate surface area is 98.6 Å². The minimum atomic E-state index is 0.506. The second kappa shape index (κ2) is 6.01. The van der Waals surface area contributed by atoms with Gasteiger partial charge in [0, 0.05) is 37.4 Å². The van der Waals surface area contributed by atoms with Crippen LogP contribution in [0.1, 0.15) is 26.3 Å². The van der Waals surface area contributed by atoms with E-state index in [0.717, 1.165) is 13.1 Å². The van der Waals surface area contributed by atoms with E-state index >= 15 is 0 Å². The van der Waals surface area contributed by atoms with Crippen molar-refractivity contribution in [2.24, 2.45) is 7.05 Å². The highest BCUT2D eigenvalue weighted by atomic mass is 15.2. The van der Waals surface area contributed by atoms with Crippen molar-refractivity contribution in [1.29, 1.82) is 0 Å². The monoisotopic (exact) mass is 224 g/mol. The molecule has 1 aromatic heterocycles. The van der Waals surface area contributed by atoms with Gasteiger partial charge in [-0.05, 0) is 27.4 Å². The van der Waals surface area contributed by atoms with Crippen LogP contribution in [0.25, 0.3) is 0 Å². The second-order valence-electron chi connectivity index (χ2n) is 4.52. The first-order chi connectivity index (χ1) is 7.54. The summed E-state index contributed by atoms with van der Waals surface area (Å²) < 4.78 is 1.85. The predicted molar refractivity (Wildman–Crippen MR) is 67.3 cm³/mol. The van der Waals surface area contributed by atoms with E-state index in [1.54, 1.807) is 0 Å². The normalized spacial score (nSPS) is 15.4. The molecule has 0 aliphatic rings. The summed E-state index contributed by atoms with van der Waals surface area (Å²) in [5.41, 5.74) is 1.26. The van der Waals surface area contributed by atoms with Crippen molar-refractivity contribution < 1.29 is 0 Å². The molecule has 0 spiro atoms. The third kappa shape index (κ3) is 3.61. The van der Waals surface area contributed by atoms with Gasteiger partial charge >= 0.3 is 0 Å². The lowest BCUT2D eigenvalue weighted by Gasteiger charge is -2.29. The Balaban J connectivity index is 2.48. The summed E-state index contributed by atoms with van der Waals surface area (Å²) in [7, 11) is 4.11. The number of hydrogen-bond acceptors (Lipinski definition) is 3. The van der Waals surface area contributed by atoms with Crippen LogP contribution in [0.3, 0.4) is 0 Å². The van der Waals surface area contributed by atoms with E-state index in [2.05, 4.69) is 49.3 Å². The molecular formula is C12H24N4. The van der Waals surface area contributed by atoms with Gasteiger partial charge in [0.1, 0.15) is 0 Å². The summed E-state index contributed by atoms with van der Waals surface area (Å²) in [5, 5.41) is 7.64. The maximum atomic E-state index is 4.18. The van der Waals surface area contributed by atoms with Crippen LogP contribution in [0, 0.1) is 0 Å². The highest BCUT2D eigenvalue weighted by molar-refractivity contribution is 5.03. The Morgan fingerprint density at radius 3 is 2.69 bits per heavy atom. The zero-order chi connectivity index (χ0) is 12.1. The molecule has 4 heteroatoms. The molecule has 0 fully saturated rings. The van der Waals surface area contributed by atoms with Crippen LogP contribution in [0.2, 0.25) is 0 Å². The quantitative estimate of drug-likeness (QED) is 0.789. The van der Waals surface area contributed by atoms with Crippen molar-refractivity contribution in [2.45, 2.75) is 39.4 Å². The minimum Gasteiger partial charge on any atom is -0.313 e. The smallest absolute Gasteiger partial charge is 0.0534 e. The van der Waals surface area contributed by atoms with Crippen LogP contribution < -0.4 is 5.32 Å². The molecule has 1 N–H and O–H groups in total. The van der Waals surface area contributed by atoms with Crippen molar-refractivity contribution in [3.8, 4) is 0 Å². The number of hydrogen-bond donors (Lipinski definition) is 1. The topological polar surface area (TPSA) is 33.1 Å². The van der Waals surface area contributed by atoms with Crippen LogP contribution in [0.4, 0.5) is 0 Å². The number of aryl methyl sites for hydroxylation is 1. The summed E-state index contributed by atoms with van der Waals surface area (Å²) in [5.74, 6) is 0. The SMILES string of the molecule is CCNC(C)C(C)N(C)Cc1cnn(C)c1.